The van der Waals surface area contributed by atoms with Crippen LogP contribution in [0.3, 0.4) is 0 Å². The second kappa shape index (κ2) is 8.56. The summed E-state index contributed by atoms with van der Waals surface area (Å²) in [7, 11) is 1.66. The van der Waals surface area contributed by atoms with Gasteiger partial charge < -0.3 is 15.2 Å². The molecule has 1 unspecified atom stereocenters. The van der Waals surface area contributed by atoms with E-state index in [-0.39, 0.29) is 18.1 Å². The fourth-order valence-corrected chi connectivity index (χ4v) is 5.33. The van der Waals surface area contributed by atoms with Crippen LogP contribution in [0.2, 0.25) is 0 Å². The van der Waals surface area contributed by atoms with Crippen molar-refractivity contribution in [1.82, 2.24) is 28.7 Å². The number of aryl methyl sites for hydroxylation is 2. The number of pyridine rings is 2. The van der Waals surface area contributed by atoms with Crippen molar-refractivity contribution in [3.8, 4) is 0 Å². The summed E-state index contributed by atoms with van der Waals surface area (Å²) in [5.41, 5.74) is 8.40. The lowest BCUT2D eigenvalue weighted by atomic mass is 10.1. The monoisotopic (exact) mass is 484 g/mol. The van der Waals surface area contributed by atoms with E-state index in [0.717, 1.165) is 41.2 Å². The molecule has 1 aromatic carbocycles. The summed E-state index contributed by atoms with van der Waals surface area (Å²) in [5.74, 6) is 0.686. The quantitative estimate of drug-likeness (QED) is 0.388. The van der Waals surface area contributed by atoms with E-state index in [4.69, 9.17) is 15.7 Å². The van der Waals surface area contributed by atoms with E-state index in [2.05, 4.69) is 9.88 Å². The maximum atomic E-state index is 13.8. The molecule has 0 bridgehead atoms. The number of imidazole rings is 1. The van der Waals surface area contributed by atoms with Gasteiger partial charge in [-0.3, -0.25) is 23.9 Å². The Kier molecular flexibility index (Phi) is 5.33. The van der Waals surface area contributed by atoms with E-state index in [1.54, 1.807) is 13.2 Å². The first kappa shape index (κ1) is 22.4. The average Bonchev–Trinajstić information content (AvgIpc) is 3.30. The van der Waals surface area contributed by atoms with Gasteiger partial charge in [-0.2, -0.15) is 4.98 Å². The SMILES string of the molecule is CCn1c(N2CCCC(N)C2)nc2c1c(=O)n(Cc1nc3ccccc3c3ncccc13)c(=O)n2C. The number of hydrogen-bond donors (Lipinski definition) is 1. The molecule has 0 saturated carbocycles. The lowest BCUT2D eigenvalue weighted by molar-refractivity contribution is 0.494. The van der Waals surface area contributed by atoms with E-state index in [1.165, 1.54) is 9.13 Å². The number of para-hydroxylation sites is 1. The zero-order valence-corrected chi connectivity index (χ0v) is 20.4. The molecule has 6 rings (SSSR count). The summed E-state index contributed by atoms with van der Waals surface area (Å²) in [5, 5.41) is 1.75. The fourth-order valence-electron chi connectivity index (χ4n) is 5.33. The molecule has 10 nitrogen and oxygen atoms in total. The molecule has 36 heavy (non-hydrogen) atoms. The van der Waals surface area contributed by atoms with Gasteiger partial charge in [0.05, 0.1) is 23.3 Å². The van der Waals surface area contributed by atoms with Crippen molar-refractivity contribution in [3.63, 3.8) is 0 Å². The molecular formula is C26H28N8O2. The zero-order valence-electron chi connectivity index (χ0n) is 20.4. The third-order valence-corrected chi connectivity index (χ3v) is 7.11. The number of fused-ring (bicyclic) bond motifs is 4. The van der Waals surface area contributed by atoms with Crippen molar-refractivity contribution < 1.29 is 0 Å². The summed E-state index contributed by atoms with van der Waals surface area (Å²) in [6.07, 6.45) is 3.67. The molecular weight excluding hydrogens is 456 g/mol. The van der Waals surface area contributed by atoms with Crippen molar-refractivity contribution in [2.24, 2.45) is 12.8 Å². The van der Waals surface area contributed by atoms with E-state index in [0.29, 0.717) is 35.9 Å². The fraction of sp³-hybridized carbons (Fsp3) is 0.346. The molecule has 0 spiro atoms. The molecule has 1 atom stereocenters. The molecule has 1 saturated heterocycles. The van der Waals surface area contributed by atoms with Gasteiger partial charge in [0.1, 0.15) is 0 Å². The van der Waals surface area contributed by atoms with Crippen molar-refractivity contribution in [2.45, 2.75) is 38.9 Å². The molecule has 1 aliphatic rings. The number of piperidine rings is 1. The zero-order chi connectivity index (χ0) is 25.0. The number of hydrogen-bond acceptors (Lipinski definition) is 7. The first-order valence-electron chi connectivity index (χ1n) is 12.3. The highest BCUT2D eigenvalue weighted by Gasteiger charge is 2.26. The third kappa shape index (κ3) is 3.40. The highest BCUT2D eigenvalue weighted by molar-refractivity contribution is 6.04. The van der Waals surface area contributed by atoms with E-state index in [9.17, 15) is 9.59 Å². The standard InChI is InChI=1S/C26H28N8O2/c1-3-33-22-23(30-25(33)32-13-7-8-16(27)14-32)31(2)26(36)34(24(22)35)15-20-18-10-6-12-28-21(18)17-9-4-5-11-19(17)29-20/h4-6,9-12,16H,3,7-8,13-15,27H2,1-2H3. The molecule has 10 heteroatoms. The molecule has 0 aliphatic carbocycles. The van der Waals surface area contributed by atoms with E-state index in [1.807, 2.05) is 47.9 Å². The molecule has 1 fully saturated rings. The normalized spacial score (nSPS) is 16.4. The summed E-state index contributed by atoms with van der Waals surface area (Å²) in [4.78, 5) is 43.6. The highest BCUT2D eigenvalue weighted by atomic mass is 16.2. The van der Waals surface area contributed by atoms with Crippen LogP contribution in [0, 0.1) is 0 Å². The largest absolute Gasteiger partial charge is 0.341 e. The minimum Gasteiger partial charge on any atom is -0.341 e. The molecule has 0 amide bonds. The maximum absolute atomic E-state index is 13.8. The van der Waals surface area contributed by atoms with Crippen LogP contribution in [0.15, 0.2) is 52.2 Å². The molecule has 5 heterocycles. The van der Waals surface area contributed by atoms with Crippen molar-refractivity contribution >= 4 is 38.9 Å². The number of nitrogens with two attached hydrogens (primary N) is 1. The van der Waals surface area contributed by atoms with Crippen LogP contribution in [0.1, 0.15) is 25.5 Å². The number of aromatic nitrogens is 6. The van der Waals surface area contributed by atoms with Crippen molar-refractivity contribution in [3.05, 3.63) is 69.1 Å². The second-order valence-electron chi connectivity index (χ2n) is 9.38. The average molecular weight is 485 g/mol. The summed E-state index contributed by atoms with van der Waals surface area (Å²) in [6, 6.07) is 11.6. The van der Waals surface area contributed by atoms with Gasteiger partial charge in [-0.25, -0.2) is 4.79 Å². The van der Waals surface area contributed by atoms with Crippen LogP contribution in [-0.4, -0.2) is 47.8 Å². The number of nitrogens with zero attached hydrogens (tertiary/aromatic N) is 7. The van der Waals surface area contributed by atoms with Gasteiger partial charge in [0.15, 0.2) is 11.2 Å². The Morgan fingerprint density at radius 2 is 1.86 bits per heavy atom. The van der Waals surface area contributed by atoms with Crippen molar-refractivity contribution in [2.75, 3.05) is 18.0 Å². The van der Waals surface area contributed by atoms with Crippen LogP contribution < -0.4 is 21.9 Å². The molecule has 0 radical (unpaired) electrons. The molecule has 4 aromatic heterocycles. The van der Waals surface area contributed by atoms with Gasteiger partial charge in [-0.15, -0.1) is 0 Å². The molecule has 5 aromatic rings. The summed E-state index contributed by atoms with van der Waals surface area (Å²) < 4.78 is 4.61. The molecule has 1 aliphatic heterocycles. The van der Waals surface area contributed by atoms with E-state index >= 15 is 0 Å². The highest BCUT2D eigenvalue weighted by Crippen LogP contribution is 2.26. The van der Waals surface area contributed by atoms with Crippen molar-refractivity contribution in [1.29, 1.82) is 0 Å². The van der Waals surface area contributed by atoms with Crippen LogP contribution >= 0.6 is 0 Å². The number of benzene rings is 1. The van der Waals surface area contributed by atoms with Crippen LogP contribution in [0.25, 0.3) is 33.0 Å². The predicted octanol–water partition coefficient (Wildman–Crippen LogP) is 1.99. The van der Waals surface area contributed by atoms with Gasteiger partial charge in [-0.05, 0) is 38.0 Å². The maximum Gasteiger partial charge on any atom is 0.332 e. The number of anilines is 1. The second-order valence-corrected chi connectivity index (χ2v) is 9.38. The van der Waals surface area contributed by atoms with Crippen LogP contribution in [0.5, 0.6) is 0 Å². The molecule has 184 valence electrons. The lowest BCUT2D eigenvalue weighted by Crippen LogP contribution is -2.44. The summed E-state index contributed by atoms with van der Waals surface area (Å²) in [6.45, 7) is 4.05. The first-order chi connectivity index (χ1) is 17.5. The topological polar surface area (TPSA) is 117 Å². The first-order valence-corrected chi connectivity index (χ1v) is 12.3. The lowest BCUT2D eigenvalue weighted by Gasteiger charge is -2.31. The minimum atomic E-state index is -0.429. The Morgan fingerprint density at radius 1 is 1.06 bits per heavy atom. The van der Waals surface area contributed by atoms with Gasteiger partial charge >= 0.3 is 5.69 Å². The Balaban J connectivity index is 1.56. The van der Waals surface area contributed by atoms with Gasteiger partial charge in [-0.1, -0.05) is 18.2 Å². The van der Waals surface area contributed by atoms with Gasteiger partial charge in [0, 0.05) is 49.7 Å². The smallest absolute Gasteiger partial charge is 0.332 e. The Morgan fingerprint density at radius 3 is 2.67 bits per heavy atom. The molecule has 2 N–H and O–H groups in total. The van der Waals surface area contributed by atoms with Gasteiger partial charge in [0.2, 0.25) is 5.95 Å². The van der Waals surface area contributed by atoms with Crippen LogP contribution in [0.4, 0.5) is 5.95 Å². The predicted molar refractivity (Wildman–Crippen MR) is 140 cm³/mol. The Labute approximate surface area is 206 Å². The van der Waals surface area contributed by atoms with Gasteiger partial charge in [0.25, 0.3) is 5.56 Å². The minimum absolute atomic E-state index is 0.0350. The Bertz CT molecular complexity index is 1750. The Hall–Kier alpha value is -4.05. The van der Waals surface area contributed by atoms with E-state index < -0.39 is 5.69 Å². The van der Waals surface area contributed by atoms with Crippen LogP contribution in [-0.2, 0) is 20.1 Å². The number of rotatable bonds is 4. The third-order valence-electron chi connectivity index (χ3n) is 7.11. The summed E-state index contributed by atoms with van der Waals surface area (Å²) >= 11 is 0.